The lowest BCUT2D eigenvalue weighted by molar-refractivity contribution is 0.0950. The molecule has 0 spiro atoms. The number of carbonyl (C=O) groups excluding carboxylic acids is 1. The van der Waals surface area contributed by atoms with E-state index in [0.29, 0.717) is 12.1 Å². The topological polar surface area (TPSA) is 62.5 Å². The number of aromatic nitrogens is 3. The largest absolute Gasteiger partial charge is 0.351 e. The van der Waals surface area contributed by atoms with E-state index in [1.165, 1.54) is 12.1 Å². The number of hydrogen-bond donors (Lipinski definition) is 1. The minimum absolute atomic E-state index is 0.170. The molecule has 4 aromatic rings. The number of fused-ring (bicyclic) bond motifs is 1. The summed E-state index contributed by atoms with van der Waals surface area (Å²) in [5.74, 6) is -0.464. The molecule has 1 N–H and O–H groups in total. The highest BCUT2D eigenvalue weighted by Gasteiger charge is 2.18. The number of benzene rings is 1. The van der Waals surface area contributed by atoms with Crippen molar-refractivity contribution in [1.29, 1.82) is 0 Å². The summed E-state index contributed by atoms with van der Waals surface area (Å²) in [4.78, 5) is 19.5. The van der Waals surface area contributed by atoms with Crippen LogP contribution in [0.25, 0.3) is 27.9 Å². The Hall–Kier alpha value is -3.58. The van der Waals surface area contributed by atoms with Crippen molar-refractivity contribution in [3.05, 3.63) is 78.0 Å². The van der Waals surface area contributed by atoms with Gasteiger partial charge in [-0.05, 0) is 56.9 Å². The number of carbonyl (C=O) groups is 1. The van der Waals surface area contributed by atoms with Gasteiger partial charge in [0, 0.05) is 36.1 Å². The van der Waals surface area contributed by atoms with Gasteiger partial charge in [0.2, 0.25) is 0 Å². The summed E-state index contributed by atoms with van der Waals surface area (Å²) >= 11 is 0. The van der Waals surface area contributed by atoms with Crippen molar-refractivity contribution in [3.8, 4) is 22.4 Å². The van der Waals surface area contributed by atoms with Crippen LogP contribution < -0.4 is 5.32 Å². The second-order valence-electron chi connectivity index (χ2n) is 7.72. The van der Waals surface area contributed by atoms with Gasteiger partial charge in [-0.1, -0.05) is 18.2 Å². The quantitative estimate of drug-likeness (QED) is 0.518. The molecule has 3 heterocycles. The minimum Gasteiger partial charge on any atom is -0.351 e. The number of hydrogen-bond acceptors (Lipinski definition) is 4. The Morgan fingerprint density at radius 1 is 1.13 bits per heavy atom. The maximum atomic E-state index is 13.4. The maximum Gasteiger partial charge on any atom is 0.252 e. The summed E-state index contributed by atoms with van der Waals surface area (Å²) in [6.45, 7) is 3.22. The van der Waals surface area contributed by atoms with E-state index in [0.717, 1.165) is 40.1 Å². The molecule has 31 heavy (non-hydrogen) atoms. The second kappa shape index (κ2) is 8.65. The summed E-state index contributed by atoms with van der Waals surface area (Å²) in [5, 5.41) is 7.43. The van der Waals surface area contributed by atoms with Gasteiger partial charge in [-0.2, -0.15) is 5.10 Å². The molecule has 0 aliphatic heterocycles. The molecular formula is C24H24FN5O. The first-order valence-electron chi connectivity index (χ1n) is 10.1. The molecule has 0 fully saturated rings. The van der Waals surface area contributed by atoms with E-state index in [4.69, 9.17) is 0 Å². The van der Waals surface area contributed by atoms with E-state index in [1.807, 2.05) is 50.2 Å². The number of aryl methyl sites for hydroxylation is 1. The number of halogens is 1. The number of nitrogens with zero attached hydrogens (tertiary/aromatic N) is 4. The molecule has 1 aromatic carbocycles. The monoisotopic (exact) mass is 417 g/mol. The van der Waals surface area contributed by atoms with Crippen molar-refractivity contribution in [1.82, 2.24) is 24.8 Å². The number of pyridine rings is 2. The van der Waals surface area contributed by atoms with E-state index < -0.39 is 0 Å². The van der Waals surface area contributed by atoms with Crippen LogP contribution >= 0.6 is 0 Å². The van der Waals surface area contributed by atoms with Crippen LogP contribution in [0.2, 0.25) is 0 Å². The molecule has 0 bridgehead atoms. The molecule has 158 valence electrons. The Balaban J connectivity index is 1.85. The number of nitrogens with one attached hydrogen (secondary N) is 1. The second-order valence-corrected chi connectivity index (χ2v) is 7.72. The van der Waals surface area contributed by atoms with E-state index in [1.54, 1.807) is 29.0 Å². The molecule has 0 aliphatic rings. The molecule has 0 atom stereocenters. The first-order valence-corrected chi connectivity index (χ1v) is 10.1. The van der Waals surface area contributed by atoms with Crippen LogP contribution in [0.3, 0.4) is 0 Å². The maximum absolute atomic E-state index is 13.4. The minimum atomic E-state index is -0.294. The van der Waals surface area contributed by atoms with Crippen molar-refractivity contribution in [2.24, 2.45) is 0 Å². The summed E-state index contributed by atoms with van der Waals surface area (Å²) in [6.07, 6.45) is 3.45. The number of amides is 1. The highest BCUT2D eigenvalue weighted by molar-refractivity contribution is 5.99. The highest BCUT2D eigenvalue weighted by atomic mass is 19.1. The zero-order valence-electron chi connectivity index (χ0n) is 17.8. The zero-order valence-corrected chi connectivity index (χ0v) is 17.8. The van der Waals surface area contributed by atoms with Crippen molar-refractivity contribution in [2.45, 2.75) is 6.92 Å². The van der Waals surface area contributed by atoms with Gasteiger partial charge in [0.15, 0.2) is 0 Å². The summed E-state index contributed by atoms with van der Waals surface area (Å²) in [7, 11) is 3.92. The smallest absolute Gasteiger partial charge is 0.252 e. The van der Waals surface area contributed by atoms with Crippen molar-refractivity contribution >= 4 is 11.4 Å². The lowest BCUT2D eigenvalue weighted by Gasteiger charge is -2.13. The molecule has 3 aromatic heterocycles. The molecule has 7 heteroatoms. The average molecular weight is 417 g/mol. The fourth-order valence-corrected chi connectivity index (χ4v) is 3.47. The van der Waals surface area contributed by atoms with Crippen LogP contribution in [-0.4, -0.2) is 52.6 Å². The molecule has 0 saturated heterocycles. The Kier molecular flexibility index (Phi) is 5.77. The third kappa shape index (κ3) is 4.46. The van der Waals surface area contributed by atoms with Crippen LogP contribution in [0.1, 0.15) is 16.1 Å². The average Bonchev–Trinajstić information content (AvgIpc) is 3.17. The van der Waals surface area contributed by atoms with E-state index in [9.17, 15) is 9.18 Å². The zero-order chi connectivity index (χ0) is 22.0. The Morgan fingerprint density at radius 2 is 1.90 bits per heavy atom. The van der Waals surface area contributed by atoms with Gasteiger partial charge >= 0.3 is 0 Å². The van der Waals surface area contributed by atoms with E-state index in [-0.39, 0.29) is 11.7 Å². The molecule has 6 nitrogen and oxygen atoms in total. The lowest BCUT2D eigenvalue weighted by atomic mass is 10.0. The van der Waals surface area contributed by atoms with Crippen LogP contribution in [0.15, 0.2) is 60.9 Å². The van der Waals surface area contributed by atoms with Crippen LogP contribution in [-0.2, 0) is 0 Å². The summed E-state index contributed by atoms with van der Waals surface area (Å²) in [5.41, 5.74) is 5.41. The Morgan fingerprint density at radius 3 is 2.61 bits per heavy atom. The first-order chi connectivity index (χ1) is 14.9. The molecule has 0 aliphatic carbocycles. The SMILES string of the molecule is Cc1cccc(-c2cc(C(=O)NCCN(C)C)cn3ncc(-c4ccc(F)cc4)c23)n1. The predicted octanol–water partition coefficient (Wildman–Crippen LogP) is 3.80. The molecular weight excluding hydrogens is 393 g/mol. The van der Waals surface area contributed by atoms with Crippen molar-refractivity contribution < 1.29 is 9.18 Å². The lowest BCUT2D eigenvalue weighted by Crippen LogP contribution is -2.31. The van der Waals surface area contributed by atoms with Gasteiger partial charge in [0.25, 0.3) is 5.91 Å². The van der Waals surface area contributed by atoms with Crippen molar-refractivity contribution in [2.75, 3.05) is 27.2 Å². The van der Waals surface area contributed by atoms with Gasteiger partial charge in [-0.25, -0.2) is 8.91 Å². The van der Waals surface area contributed by atoms with E-state index >= 15 is 0 Å². The van der Waals surface area contributed by atoms with Gasteiger partial charge in [0.05, 0.1) is 23.0 Å². The third-order valence-corrected chi connectivity index (χ3v) is 5.04. The normalized spacial score (nSPS) is 11.3. The van der Waals surface area contributed by atoms with Crippen LogP contribution in [0.5, 0.6) is 0 Å². The Bertz CT molecular complexity index is 1230. The molecule has 0 saturated carbocycles. The van der Waals surface area contributed by atoms with E-state index in [2.05, 4.69) is 15.4 Å². The van der Waals surface area contributed by atoms with Crippen molar-refractivity contribution in [3.63, 3.8) is 0 Å². The molecule has 1 amide bonds. The fraction of sp³-hybridized carbons (Fsp3) is 0.208. The third-order valence-electron chi connectivity index (χ3n) is 5.04. The standard InChI is InChI=1S/C24H24FN5O/c1-16-5-4-6-22(28-16)20-13-18(24(31)26-11-12-29(2)3)15-30-23(20)21(14-27-30)17-7-9-19(25)10-8-17/h4-10,13-15H,11-12H2,1-3H3,(H,26,31). The molecule has 4 rings (SSSR count). The predicted molar refractivity (Wildman–Crippen MR) is 119 cm³/mol. The fourth-order valence-electron chi connectivity index (χ4n) is 3.47. The van der Waals surface area contributed by atoms with Gasteiger partial charge < -0.3 is 10.2 Å². The number of likely N-dealkylation sites (N-methyl/N-ethyl adjacent to an activating group) is 1. The van der Waals surface area contributed by atoms with Gasteiger partial charge in [-0.15, -0.1) is 0 Å². The summed E-state index contributed by atoms with van der Waals surface area (Å²) in [6, 6.07) is 13.9. The van der Waals surface area contributed by atoms with Crippen LogP contribution in [0.4, 0.5) is 4.39 Å². The van der Waals surface area contributed by atoms with Gasteiger partial charge in [-0.3, -0.25) is 9.78 Å². The van der Waals surface area contributed by atoms with Gasteiger partial charge in [0.1, 0.15) is 5.82 Å². The highest BCUT2D eigenvalue weighted by Crippen LogP contribution is 2.33. The molecule has 0 radical (unpaired) electrons. The van der Waals surface area contributed by atoms with Crippen LogP contribution in [0, 0.1) is 12.7 Å². The molecule has 0 unspecified atom stereocenters. The summed E-state index contributed by atoms with van der Waals surface area (Å²) < 4.78 is 15.1. The number of rotatable bonds is 6. The first kappa shape index (κ1) is 20.7. The Labute approximate surface area is 180 Å².